The van der Waals surface area contributed by atoms with Gasteiger partial charge in [-0.3, -0.25) is 14.6 Å². The summed E-state index contributed by atoms with van der Waals surface area (Å²) in [5.74, 6) is -6.28. The van der Waals surface area contributed by atoms with Crippen LogP contribution in [0, 0.1) is 11.8 Å². The van der Waals surface area contributed by atoms with Crippen LogP contribution in [0.2, 0.25) is 0 Å². The number of carbonyl (C=O) groups is 4. The first-order chi connectivity index (χ1) is 11.8. The van der Waals surface area contributed by atoms with Gasteiger partial charge in [0.05, 0.1) is 27.4 Å². The molecule has 0 saturated carbocycles. The van der Waals surface area contributed by atoms with E-state index in [1.54, 1.807) is 13.8 Å². The molecule has 0 fully saturated rings. The zero-order valence-corrected chi connectivity index (χ0v) is 14.8. The van der Waals surface area contributed by atoms with E-state index in [1.807, 2.05) is 0 Å². The third-order valence-electron chi connectivity index (χ3n) is 3.60. The van der Waals surface area contributed by atoms with Crippen molar-refractivity contribution in [2.75, 3.05) is 34.5 Å². The number of likely N-dealkylation sites (N-methyl/N-ethyl adjacent to an activating group) is 1. The second-order valence-corrected chi connectivity index (χ2v) is 5.03. The molecule has 0 bridgehead atoms. The molecule has 1 heterocycles. The molecule has 0 aromatic rings. The number of hydrogen-bond acceptors (Lipinski definition) is 10. The summed E-state index contributed by atoms with van der Waals surface area (Å²) in [5.41, 5.74) is -0.335. The summed E-state index contributed by atoms with van der Waals surface area (Å²) in [6.45, 7) is 3.21. The molecule has 25 heavy (non-hydrogen) atoms. The molecule has 0 spiro atoms. The summed E-state index contributed by atoms with van der Waals surface area (Å²) in [6, 6.07) is -1.26. The molecule has 10 nitrogen and oxygen atoms in total. The molecule has 0 aliphatic carbocycles. The number of hydrazone groups is 1. The van der Waals surface area contributed by atoms with Gasteiger partial charge in [-0.1, -0.05) is 0 Å². The summed E-state index contributed by atoms with van der Waals surface area (Å²) < 4.78 is 19.3. The predicted molar refractivity (Wildman–Crippen MR) is 83.3 cm³/mol. The average molecular weight is 358 g/mol. The molecular formula is C15H22N2O8. The molecule has 3 atom stereocenters. The van der Waals surface area contributed by atoms with E-state index in [0.717, 1.165) is 19.2 Å². The van der Waals surface area contributed by atoms with Crippen molar-refractivity contribution in [2.45, 2.75) is 19.9 Å². The SMILES string of the molecule is CCOC(=O)C1=NN(C)[C@@H](C(=O)OC)[C@H](C(=O)OC)[C@H]1C(=O)OCC. The Balaban J connectivity index is 3.50. The first kappa shape index (κ1) is 20.4. The highest BCUT2D eigenvalue weighted by molar-refractivity contribution is 6.41. The van der Waals surface area contributed by atoms with Gasteiger partial charge in [-0.05, 0) is 13.8 Å². The number of ether oxygens (including phenoxy) is 4. The highest BCUT2D eigenvalue weighted by Crippen LogP contribution is 2.30. The zero-order valence-electron chi connectivity index (χ0n) is 14.8. The molecule has 140 valence electrons. The second kappa shape index (κ2) is 9.00. The van der Waals surface area contributed by atoms with Gasteiger partial charge in [-0.25, -0.2) is 9.59 Å². The maximum Gasteiger partial charge on any atom is 0.355 e. The molecule has 0 N–H and O–H groups in total. The Morgan fingerprint density at radius 3 is 2.00 bits per heavy atom. The van der Waals surface area contributed by atoms with Gasteiger partial charge in [-0.2, -0.15) is 5.10 Å². The van der Waals surface area contributed by atoms with Crippen LogP contribution in [-0.4, -0.2) is 75.1 Å². The van der Waals surface area contributed by atoms with Crippen molar-refractivity contribution in [2.24, 2.45) is 16.9 Å². The number of esters is 4. The predicted octanol–water partition coefficient (Wildman–Crippen LogP) is -0.639. The second-order valence-electron chi connectivity index (χ2n) is 5.03. The third kappa shape index (κ3) is 4.25. The highest BCUT2D eigenvalue weighted by Gasteiger charge is 2.54. The first-order valence-corrected chi connectivity index (χ1v) is 7.64. The van der Waals surface area contributed by atoms with Crippen LogP contribution in [0.25, 0.3) is 0 Å². The van der Waals surface area contributed by atoms with Gasteiger partial charge in [0.25, 0.3) is 0 Å². The monoisotopic (exact) mass is 358 g/mol. The van der Waals surface area contributed by atoms with Gasteiger partial charge in [0.15, 0.2) is 11.8 Å². The minimum absolute atomic E-state index is 0.0120. The van der Waals surface area contributed by atoms with Gasteiger partial charge in [0, 0.05) is 7.05 Å². The maximum absolute atomic E-state index is 12.4. The van der Waals surface area contributed by atoms with Crippen molar-refractivity contribution in [3.63, 3.8) is 0 Å². The normalized spacial score (nSPS) is 22.5. The van der Waals surface area contributed by atoms with Gasteiger partial charge in [0.1, 0.15) is 11.8 Å². The van der Waals surface area contributed by atoms with E-state index in [0.29, 0.717) is 0 Å². The summed E-state index contributed by atoms with van der Waals surface area (Å²) in [6.07, 6.45) is 0. The van der Waals surface area contributed by atoms with E-state index in [2.05, 4.69) is 5.10 Å². The Kier molecular flexibility index (Phi) is 7.34. The van der Waals surface area contributed by atoms with Crippen molar-refractivity contribution in [3.05, 3.63) is 0 Å². The molecule has 1 aliphatic heterocycles. The van der Waals surface area contributed by atoms with E-state index in [4.69, 9.17) is 18.9 Å². The average Bonchev–Trinajstić information content (AvgIpc) is 2.59. The minimum Gasteiger partial charge on any atom is -0.469 e. The standard InChI is InChI=1S/C15H22N2O8/c1-6-24-13(19)8-9(12(18)22-4)11(15(21)23-5)17(3)16-10(8)14(20)25-7-2/h8-9,11H,6-7H2,1-5H3/t8-,9-,11-/m1/s1. The van der Waals surface area contributed by atoms with Crippen molar-refractivity contribution in [1.29, 1.82) is 0 Å². The van der Waals surface area contributed by atoms with Gasteiger partial charge in [-0.15, -0.1) is 0 Å². The van der Waals surface area contributed by atoms with Crippen molar-refractivity contribution >= 4 is 29.6 Å². The van der Waals surface area contributed by atoms with Crippen molar-refractivity contribution in [3.8, 4) is 0 Å². The van der Waals surface area contributed by atoms with E-state index in [1.165, 1.54) is 7.05 Å². The molecule has 0 unspecified atom stereocenters. The summed E-state index contributed by atoms with van der Waals surface area (Å²) in [4.78, 5) is 49.1. The number of rotatable bonds is 6. The summed E-state index contributed by atoms with van der Waals surface area (Å²) in [5, 5.41) is 5.05. The lowest BCUT2D eigenvalue weighted by molar-refractivity contribution is -0.167. The fourth-order valence-electron chi connectivity index (χ4n) is 2.56. The van der Waals surface area contributed by atoms with Crippen LogP contribution in [0.5, 0.6) is 0 Å². The largest absolute Gasteiger partial charge is 0.469 e. The molecule has 0 aromatic heterocycles. The molecule has 10 heteroatoms. The molecule has 1 aliphatic rings. The Morgan fingerprint density at radius 2 is 1.52 bits per heavy atom. The molecule has 0 amide bonds. The lowest BCUT2D eigenvalue weighted by atomic mass is 9.80. The molecule has 0 saturated heterocycles. The van der Waals surface area contributed by atoms with Gasteiger partial charge >= 0.3 is 23.9 Å². The molecule has 1 rings (SSSR count). The Hall–Kier alpha value is -2.65. The number of methoxy groups -OCH3 is 2. The van der Waals surface area contributed by atoms with Crippen LogP contribution in [0.1, 0.15) is 13.8 Å². The lowest BCUT2D eigenvalue weighted by Gasteiger charge is -2.37. The number of hydrogen-bond donors (Lipinski definition) is 0. The Morgan fingerprint density at radius 1 is 0.960 bits per heavy atom. The van der Waals surface area contributed by atoms with E-state index < -0.39 is 41.8 Å². The van der Waals surface area contributed by atoms with Crippen LogP contribution < -0.4 is 0 Å². The third-order valence-corrected chi connectivity index (χ3v) is 3.60. The quantitative estimate of drug-likeness (QED) is 0.451. The van der Waals surface area contributed by atoms with E-state index >= 15 is 0 Å². The Bertz CT molecular complexity index is 574. The van der Waals surface area contributed by atoms with Crippen LogP contribution in [0.15, 0.2) is 5.10 Å². The summed E-state index contributed by atoms with van der Waals surface area (Å²) >= 11 is 0. The van der Waals surface area contributed by atoms with Gasteiger partial charge in [0.2, 0.25) is 0 Å². The maximum atomic E-state index is 12.4. The number of carbonyl (C=O) groups excluding carboxylic acids is 4. The molecule has 0 aromatic carbocycles. The van der Waals surface area contributed by atoms with Crippen LogP contribution in [0.4, 0.5) is 0 Å². The van der Waals surface area contributed by atoms with Crippen LogP contribution >= 0.6 is 0 Å². The van der Waals surface area contributed by atoms with Crippen molar-refractivity contribution < 1.29 is 38.1 Å². The van der Waals surface area contributed by atoms with Crippen molar-refractivity contribution in [1.82, 2.24) is 5.01 Å². The highest BCUT2D eigenvalue weighted by atomic mass is 16.5. The minimum atomic E-state index is -1.45. The van der Waals surface area contributed by atoms with Gasteiger partial charge < -0.3 is 18.9 Å². The molecule has 0 radical (unpaired) electrons. The molecular weight excluding hydrogens is 336 g/mol. The lowest BCUT2D eigenvalue weighted by Crippen LogP contribution is -2.57. The van der Waals surface area contributed by atoms with Crippen LogP contribution in [0.3, 0.4) is 0 Å². The first-order valence-electron chi connectivity index (χ1n) is 7.64. The zero-order chi connectivity index (χ0) is 19.1. The number of nitrogens with zero attached hydrogens (tertiary/aromatic N) is 2. The van der Waals surface area contributed by atoms with E-state index in [-0.39, 0.29) is 18.9 Å². The summed E-state index contributed by atoms with van der Waals surface area (Å²) in [7, 11) is 3.61. The topological polar surface area (TPSA) is 121 Å². The Labute approximate surface area is 145 Å². The van der Waals surface area contributed by atoms with Crippen LogP contribution in [-0.2, 0) is 38.1 Å². The smallest absolute Gasteiger partial charge is 0.355 e. The fourth-order valence-corrected chi connectivity index (χ4v) is 2.56. The van der Waals surface area contributed by atoms with E-state index in [9.17, 15) is 19.2 Å². The fraction of sp³-hybridized carbons (Fsp3) is 0.667.